The molecule has 0 aliphatic rings. The standard InChI is InChI=1S/C12H13N3O4/c1-3-18-11-8(5-4-6-9(11)15(16)17)10-7(2)12(13)14-19-10/h4-6H,3H2,1-2H3,(H2,13,14). The average molecular weight is 263 g/mol. The summed E-state index contributed by atoms with van der Waals surface area (Å²) in [6.07, 6.45) is 0. The largest absolute Gasteiger partial charge is 0.487 e. The minimum Gasteiger partial charge on any atom is -0.487 e. The van der Waals surface area contributed by atoms with Crippen LogP contribution in [0.15, 0.2) is 22.7 Å². The summed E-state index contributed by atoms with van der Waals surface area (Å²) in [5.41, 5.74) is 6.60. The maximum atomic E-state index is 11.0. The number of hydrogen-bond donors (Lipinski definition) is 1. The smallest absolute Gasteiger partial charge is 0.311 e. The Bertz CT molecular complexity index is 621. The second kappa shape index (κ2) is 4.97. The van der Waals surface area contributed by atoms with Crippen molar-refractivity contribution in [1.82, 2.24) is 5.16 Å². The summed E-state index contributed by atoms with van der Waals surface area (Å²) < 4.78 is 10.5. The van der Waals surface area contributed by atoms with E-state index in [0.29, 0.717) is 23.5 Å². The molecule has 0 saturated heterocycles. The fourth-order valence-electron chi connectivity index (χ4n) is 1.74. The SMILES string of the molecule is CCOc1c(-c2onc(N)c2C)cccc1[N+](=O)[O-]. The Morgan fingerprint density at radius 3 is 2.79 bits per heavy atom. The predicted octanol–water partition coefficient (Wildman–Crippen LogP) is 2.54. The number of nitro benzene ring substituents is 1. The molecule has 0 unspecified atom stereocenters. The summed E-state index contributed by atoms with van der Waals surface area (Å²) >= 11 is 0. The molecule has 0 bridgehead atoms. The first-order valence-corrected chi connectivity index (χ1v) is 5.68. The van der Waals surface area contributed by atoms with Gasteiger partial charge in [0.25, 0.3) is 0 Å². The summed E-state index contributed by atoms with van der Waals surface area (Å²) in [5.74, 6) is 0.794. The van der Waals surface area contributed by atoms with Crippen molar-refractivity contribution in [3.05, 3.63) is 33.9 Å². The maximum Gasteiger partial charge on any atom is 0.311 e. The van der Waals surface area contributed by atoms with E-state index in [1.165, 1.54) is 6.07 Å². The Morgan fingerprint density at radius 2 is 2.26 bits per heavy atom. The first kappa shape index (κ1) is 12.9. The highest BCUT2D eigenvalue weighted by molar-refractivity contribution is 5.75. The number of aromatic nitrogens is 1. The van der Waals surface area contributed by atoms with Gasteiger partial charge in [0.15, 0.2) is 11.6 Å². The third kappa shape index (κ3) is 2.22. The van der Waals surface area contributed by atoms with Crippen molar-refractivity contribution in [2.75, 3.05) is 12.3 Å². The zero-order valence-corrected chi connectivity index (χ0v) is 10.5. The topological polar surface area (TPSA) is 104 Å². The van der Waals surface area contributed by atoms with Crippen molar-refractivity contribution in [3.63, 3.8) is 0 Å². The molecule has 100 valence electrons. The Kier molecular flexibility index (Phi) is 3.37. The summed E-state index contributed by atoms with van der Waals surface area (Å²) in [6, 6.07) is 4.61. The maximum absolute atomic E-state index is 11.0. The lowest BCUT2D eigenvalue weighted by Crippen LogP contribution is -1.99. The Hall–Kier alpha value is -2.57. The number of benzene rings is 1. The summed E-state index contributed by atoms with van der Waals surface area (Å²) in [5, 5.41) is 14.7. The molecule has 0 saturated carbocycles. The van der Waals surface area contributed by atoms with Gasteiger partial charge in [-0.15, -0.1) is 0 Å². The van der Waals surface area contributed by atoms with Gasteiger partial charge in [-0.05, 0) is 19.9 Å². The molecule has 0 aliphatic carbocycles. The van der Waals surface area contributed by atoms with E-state index in [4.69, 9.17) is 15.0 Å². The summed E-state index contributed by atoms with van der Waals surface area (Å²) in [4.78, 5) is 10.5. The molecule has 2 rings (SSSR count). The molecule has 1 heterocycles. The molecule has 2 aromatic rings. The lowest BCUT2D eigenvalue weighted by Gasteiger charge is -2.08. The van der Waals surface area contributed by atoms with E-state index in [1.54, 1.807) is 26.0 Å². The highest BCUT2D eigenvalue weighted by atomic mass is 16.6. The second-order valence-electron chi connectivity index (χ2n) is 3.87. The number of para-hydroxylation sites is 1. The fraction of sp³-hybridized carbons (Fsp3) is 0.250. The third-order valence-corrected chi connectivity index (χ3v) is 2.68. The highest BCUT2D eigenvalue weighted by Crippen LogP contribution is 2.40. The van der Waals surface area contributed by atoms with Gasteiger partial charge in [0, 0.05) is 11.6 Å². The number of rotatable bonds is 4. The van der Waals surface area contributed by atoms with Crippen LogP contribution in [0.25, 0.3) is 11.3 Å². The van der Waals surface area contributed by atoms with Gasteiger partial charge in [-0.25, -0.2) is 0 Å². The number of nitrogens with two attached hydrogens (primary N) is 1. The van der Waals surface area contributed by atoms with Crippen molar-refractivity contribution in [2.24, 2.45) is 0 Å². The minimum absolute atomic E-state index is 0.117. The van der Waals surface area contributed by atoms with Crippen LogP contribution < -0.4 is 10.5 Å². The molecule has 0 atom stereocenters. The van der Waals surface area contributed by atoms with E-state index in [-0.39, 0.29) is 17.3 Å². The van der Waals surface area contributed by atoms with Crippen molar-refractivity contribution in [2.45, 2.75) is 13.8 Å². The van der Waals surface area contributed by atoms with Gasteiger partial charge in [0.1, 0.15) is 0 Å². The fourth-order valence-corrected chi connectivity index (χ4v) is 1.74. The first-order valence-electron chi connectivity index (χ1n) is 5.68. The Labute approximate surface area is 109 Å². The van der Waals surface area contributed by atoms with Gasteiger partial charge < -0.3 is 15.0 Å². The van der Waals surface area contributed by atoms with Crippen LogP contribution in [0, 0.1) is 17.0 Å². The van der Waals surface area contributed by atoms with Gasteiger partial charge in [-0.3, -0.25) is 10.1 Å². The number of nitro groups is 1. The molecule has 7 heteroatoms. The van der Waals surface area contributed by atoms with Gasteiger partial charge in [0.2, 0.25) is 5.75 Å². The molecule has 19 heavy (non-hydrogen) atoms. The van der Waals surface area contributed by atoms with Crippen molar-refractivity contribution < 1.29 is 14.2 Å². The quantitative estimate of drug-likeness (QED) is 0.671. The molecule has 0 amide bonds. The zero-order chi connectivity index (χ0) is 14.0. The molecule has 0 spiro atoms. The normalized spacial score (nSPS) is 10.4. The molecule has 0 radical (unpaired) electrons. The molecular formula is C12H13N3O4. The van der Waals surface area contributed by atoms with Gasteiger partial charge in [0.05, 0.1) is 17.1 Å². The minimum atomic E-state index is -0.496. The van der Waals surface area contributed by atoms with Crippen LogP contribution in [-0.2, 0) is 0 Å². The molecule has 2 N–H and O–H groups in total. The zero-order valence-electron chi connectivity index (χ0n) is 10.5. The number of anilines is 1. The predicted molar refractivity (Wildman–Crippen MR) is 68.9 cm³/mol. The monoisotopic (exact) mass is 263 g/mol. The second-order valence-corrected chi connectivity index (χ2v) is 3.87. The number of hydrogen-bond acceptors (Lipinski definition) is 6. The van der Waals surface area contributed by atoms with Crippen molar-refractivity contribution >= 4 is 11.5 Å². The van der Waals surface area contributed by atoms with Crippen LogP contribution in [0.2, 0.25) is 0 Å². The van der Waals surface area contributed by atoms with E-state index in [1.807, 2.05) is 0 Å². The molecule has 1 aromatic carbocycles. The van der Waals surface area contributed by atoms with Crippen LogP contribution in [0.5, 0.6) is 5.75 Å². The first-order chi connectivity index (χ1) is 9.06. The number of nitrogen functional groups attached to an aromatic ring is 1. The van der Waals surface area contributed by atoms with E-state index >= 15 is 0 Å². The summed E-state index contributed by atoms with van der Waals surface area (Å²) in [7, 11) is 0. The molecular weight excluding hydrogens is 250 g/mol. The van der Waals surface area contributed by atoms with E-state index < -0.39 is 4.92 Å². The highest BCUT2D eigenvalue weighted by Gasteiger charge is 2.23. The molecule has 0 aliphatic heterocycles. The van der Waals surface area contributed by atoms with Gasteiger partial charge in [-0.2, -0.15) is 0 Å². The summed E-state index contributed by atoms with van der Waals surface area (Å²) in [6.45, 7) is 3.79. The molecule has 7 nitrogen and oxygen atoms in total. The number of ether oxygens (including phenoxy) is 1. The van der Waals surface area contributed by atoms with Crippen molar-refractivity contribution in [1.29, 1.82) is 0 Å². The van der Waals surface area contributed by atoms with Crippen LogP contribution in [0.4, 0.5) is 11.5 Å². The molecule has 1 aromatic heterocycles. The average Bonchev–Trinajstić information content (AvgIpc) is 2.70. The van der Waals surface area contributed by atoms with Crippen molar-refractivity contribution in [3.8, 4) is 17.1 Å². The van der Waals surface area contributed by atoms with Gasteiger partial charge >= 0.3 is 5.69 Å². The lowest BCUT2D eigenvalue weighted by molar-refractivity contribution is -0.385. The molecule has 0 fully saturated rings. The van der Waals surface area contributed by atoms with E-state index in [9.17, 15) is 10.1 Å². The Morgan fingerprint density at radius 1 is 1.53 bits per heavy atom. The van der Waals surface area contributed by atoms with Gasteiger partial charge in [-0.1, -0.05) is 11.2 Å². The van der Waals surface area contributed by atoms with Crippen LogP contribution >= 0.6 is 0 Å². The van der Waals surface area contributed by atoms with Crippen LogP contribution in [-0.4, -0.2) is 16.7 Å². The Balaban J connectivity index is 2.66. The van der Waals surface area contributed by atoms with Crippen LogP contribution in [0.1, 0.15) is 12.5 Å². The third-order valence-electron chi connectivity index (χ3n) is 2.68. The number of nitrogens with zero attached hydrogens (tertiary/aromatic N) is 2. The van der Waals surface area contributed by atoms with E-state index in [0.717, 1.165) is 0 Å². The van der Waals surface area contributed by atoms with E-state index in [2.05, 4.69) is 5.16 Å². The van der Waals surface area contributed by atoms with Crippen LogP contribution in [0.3, 0.4) is 0 Å². The lowest BCUT2D eigenvalue weighted by atomic mass is 10.1.